The largest absolute Gasteiger partial charge is 0.494 e. The number of aliphatic hydroxyl groups excluding tert-OH is 1. The fraction of sp³-hybridized carbons (Fsp3) is 0.308. The molecular formula is C13H15N3O4. The van der Waals surface area contributed by atoms with Crippen molar-refractivity contribution in [2.45, 2.75) is 13.5 Å². The van der Waals surface area contributed by atoms with E-state index in [1.54, 1.807) is 24.3 Å². The van der Waals surface area contributed by atoms with Crippen LogP contribution in [0.5, 0.6) is 5.75 Å². The molecule has 106 valence electrons. The Bertz CT molecular complexity index is 592. The lowest BCUT2D eigenvalue weighted by Crippen LogP contribution is -2.05. The van der Waals surface area contributed by atoms with Gasteiger partial charge in [-0.1, -0.05) is 0 Å². The SMILES string of the molecule is CCOc1ccc(-c2ncn(CCO)c2[N+](=O)[O-])cc1. The minimum atomic E-state index is -0.492. The Morgan fingerprint density at radius 2 is 2.10 bits per heavy atom. The summed E-state index contributed by atoms with van der Waals surface area (Å²) in [7, 11) is 0. The first kappa shape index (κ1) is 14.0. The second kappa shape index (κ2) is 6.16. The Kier molecular flexibility index (Phi) is 4.31. The third-order valence-electron chi connectivity index (χ3n) is 2.76. The molecule has 2 rings (SSSR count). The van der Waals surface area contributed by atoms with E-state index < -0.39 is 4.92 Å². The van der Waals surface area contributed by atoms with Gasteiger partial charge >= 0.3 is 5.82 Å². The third kappa shape index (κ3) is 2.77. The first-order valence-corrected chi connectivity index (χ1v) is 6.21. The summed E-state index contributed by atoms with van der Waals surface area (Å²) in [6.45, 7) is 2.40. The molecule has 0 unspecified atom stereocenters. The molecule has 7 nitrogen and oxygen atoms in total. The molecule has 0 radical (unpaired) electrons. The molecule has 0 aliphatic heterocycles. The number of ether oxygens (including phenoxy) is 1. The smallest absolute Gasteiger partial charge is 0.350 e. The second-order valence-electron chi connectivity index (χ2n) is 4.05. The van der Waals surface area contributed by atoms with Crippen molar-refractivity contribution in [3.8, 4) is 17.0 Å². The zero-order valence-corrected chi connectivity index (χ0v) is 11.0. The van der Waals surface area contributed by atoms with Crippen molar-refractivity contribution in [3.63, 3.8) is 0 Å². The average Bonchev–Trinajstić information content (AvgIpc) is 2.84. The number of nitro groups is 1. The monoisotopic (exact) mass is 277 g/mol. The van der Waals surface area contributed by atoms with Gasteiger partial charge in [0.2, 0.25) is 0 Å². The van der Waals surface area contributed by atoms with Crippen LogP contribution < -0.4 is 4.74 Å². The summed E-state index contributed by atoms with van der Waals surface area (Å²) < 4.78 is 6.65. The summed E-state index contributed by atoms with van der Waals surface area (Å²) in [4.78, 5) is 14.7. The van der Waals surface area contributed by atoms with Gasteiger partial charge in [-0.3, -0.25) is 0 Å². The Hall–Kier alpha value is -2.41. The number of hydrogen-bond acceptors (Lipinski definition) is 5. The Morgan fingerprint density at radius 1 is 1.40 bits per heavy atom. The zero-order valence-electron chi connectivity index (χ0n) is 11.0. The molecule has 2 aromatic rings. The minimum Gasteiger partial charge on any atom is -0.494 e. The van der Waals surface area contributed by atoms with E-state index in [4.69, 9.17) is 9.84 Å². The van der Waals surface area contributed by atoms with Crippen molar-refractivity contribution in [2.75, 3.05) is 13.2 Å². The minimum absolute atomic E-state index is 0.122. The molecule has 0 atom stereocenters. The van der Waals surface area contributed by atoms with E-state index in [1.165, 1.54) is 10.9 Å². The van der Waals surface area contributed by atoms with Gasteiger partial charge in [0, 0.05) is 5.56 Å². The maximum Gasteiger partial charge on any atom is 0.350 e. The molecule has 1 aromatic carbocycles. The van der Waals surface area contributed by atoms with E-state index in [9.17, 15) is 10.1 Å². The predicted molar refractivity (Wildman–Crippen MR) is 72.6 cm³/mol. The van der Waals surface area contributed by atoms with Crippen molar-refractivity contribution in [3.05, 3.63) is 40.7 Å². The van der Waals surface area contributed by atoms with Crippen LogP contribution in [-0.4, -0.2) is 32.8 Å². The van der Waals surface area contributed by atoms with E-state index in [0.717, 1.165) is 0 Å². The van der Waals surface area contributed by atoms with Crippen LogP contribution in [0.2, 0.25) is 0 Å². The lowest BCUT2D eigenvalue weighted by Gasteiger charge is -2.04. The van der Waals surface area contributed by atoms with E-state index >= 15 is 0 Å². The highest BCUT2D eigenvalue weighted by Crippen LogP contribution is 2.29. The highest BCUT2D eigenvalue weighted by atomic mass is 16.6. The fourth-order valence-corrected chi connectivity index (χ4v) is 1.92. The van der Waals surface area contributed by atoms with Crippen molar-refractivity contribution >= 4 is 5.82 Å². The number of aromatic nitrogens is 2. The highest BCUT2D eigenvalue weighted by molar-refractivity contribution is 5.68. The van der Waals surface area contributed by atoms with Crippen LogP contribution in [0.15, 0.2) is 30.6 Å². The Balaban J connectivity index is 2.39. The Labute approximate surface area is 115 Å². The molecule has 0 fully saturated rings. The van der Waals surface area contributed by atoms with Crippen molar-refractivity contribution in [1.29, 1.82) is 0 Å². The number of rotatable bonds is 6. The molecule has 1 heterocycles. The molecule has 0 aliphatic carbocycles. The molecule has 0 bridgehead atoms. The molecule has 0 spiro atoms. The van der Waals surface area contributed by atoms with Crippen molar-refractivity contribution < 1.29 is 14.8 Å². The molecule has 0 amide bonds. The summed E-state index contributed by atoms with van der Waals surface area (Å²) in [6.07, 6.45) is 1.36. The molecule has 7 heteroatoms. The number of hydrogen-bond donors (Lipinski definition) is 1. The third-order valence-corrected chi connectivity index (χ3v) is 2.76. The van der Waals surface area contributed by atoms with Gasteiger partial charge in [-0.2, -0.15) is 0 Å². The van der Waals surface area contributed by atoms with Crippen molar-refractivity contribution in [2.24, 2.45) is 0 Å². The summed E-state index contributed by atoms with van der Waals surface area (Å²) in [5, 5.41) is 20.1. The van der Waals surface area contributed by atoms with Gasteiger partial charge in [-0.15, -0.1) is 0 Å². The first-order valence-electron chi connectivity index (χ1n) is 6.21. The lowest BCUT2D eigenvalue weighted by atomic mass is 10.1. The summed E-state index contributed by atoms with van der Waals surface area (Å²) >= 11 is 0. The fourth-order valence-electron chi connectivity index (χ4n) is 1.92. The number of aliphatic hydroxyl groups is 1. The maximum atomic E-state index is 11.2. The Morgan fingerprint density at radius 3 is 2.65 bits per heavy atom. The van der Waals surface area contributed by atoms with Gasteiger partial charge in [0.25, 0.3) is 0 Å². The van der Waals surface area contributed by atoms with Gasteiger partial charge in [-0.05, 0) is 36.1 Å². The van der Waals surface area contributed by atoms with E-state index in [2.05, 4.69) is 4.98 Å². The molecular weight excluding hydrogens is 262 g/mol. The normalized spacial score (nSPS) is 10.5. The average molecular weight is 277 g/mol. The summed E-state index contributed by atoms with van der Waals surface area (Å²) in [5.74, 6) is 0.580. The van der Waals surface area contributed by atoms with Crippen LogP contribution >= 0.6 is 0 Å². The predicted octanol–water partition coefficient (Wildman–Crippen LogP) is 1.85. The molecule has 1 N–H and O–H groups in total. The van der Waals surface area contributed by atoms with Gasteiger partial charge in [0.1, 0.15) is 12.3 Å². The molecule has 0 saturated carbocycles. The van der Waals surface area contributed by atoms with E-state index in [0.29, 0.717) is 17.9 Å². The van der Waals surface area contributed by atoms with Gasteiger partial charge < -0.3 is 20.0 Å². The topological polar surface area (TPSA) is 90.4 Å². The maximum absolute atomic E-state index is 11.2. The van der Waals surface area contributed by atoms with Crippen LogP contribution in [0.4, 0.5) is 5.82 Å². The number of benzene rings is 1. The lowest BCUT2D eigenvalue weighted by molar-refractivity contribution is -0.391. The van der Waals surface area contributed by atoms with E-state index in [1.807, 2.05) is 6.92 Å². The quantitative estimate of drug-likeness (QED) is 0.642. The van der Waals surface area contributed by atoms with Gasteiger partial charge in [0.05, 0.1) is 13.2 Å². The van der Waals surface area contributed by atoms with Crippen molar-refractivity contribution in [1.82, 2.24) is 9.55 Å². The number of nitrogens with zero attached hydrogens (tertiary/aromatic N) is 3. The van der Waals surface area contributed by atoms with E-state index in [-0.39, 0.29) is 24.7 Å². The number of imidazole rings is 1. The van der Waals surface area contributed by atoms with Crippen LogP contribution in [-0.2, 0) is 6.54 Å². The molecule has 0 saturated heterocycles. The first-order chi connectivity index (χ1) is 9.67. The molecule has 0 aliphatic rings. The molecule has 20 heavy (non-hydrogen) atoms. The van der Waals surface area contributed by atoms with Gasteiger partial charge in [-0.25, -0.2) is 9.55 Å². The van der Waals surface area contributed by atoms with Crippen LogP contribution in [0.1, 0.15) is 6.92 Å². The van der Waals surface area contributed by atoms with Gasteiger partial charge in [0.15, 0.2) is 12.0 Å². The zero-order chi connectivity index (χ0) is 14.5. The summed E-state index contributed by atoms with van der Waals surface area (Å²) in [6, 6.07) is 6.94. The highest BCUT2D eigenvalue weighted by Gasteiger charge is 2.22. The standard InChI is InChI=1S/C13H15N3O4/c1-2-20-11-5-3-10(4-6-11)12-13(16(18)19)15(7-8-17)9-14-12/h3-6,9,17H,2,7-8H2,1H3. The second-order valence-corrected chi connectivity index (χ2v) is 4.05. The molecule has 1 aromatic heterocycles. The van der Waals surface area contributed by atoms with Crippen LogP contribution in [0, 0.1) is 10.1 Å². The summed E-state index contributed by atoms with van der Waals surface area (Å²) in [5.41, 5.74) is 0.920. The van der Waals surface area contributed by atoms with Crippen LogP contribution in [0.25, 0.3) is 11.3 Å². The van der Waals surface area contributed by atoms with Crippen LogP contribution in [0.3, 0.4) is 0 Å².